The molecule has 6 N–H and O–H groups in total. The second-order valence-corrected chi connectivity index (χ2v) is 11.6. The third-order valence-corrected chi connectivity index (χ3v) is 8.35. The highest BCUT2D eigenvalue weighted by Crippen LogP contribution is 2.38. The van der Waals surface area contributed by atoms with Gasteiger partial charge < -0.3 is 40.6 Å². The van der Waals surface area contributed by atoms with Crippen molar-refractivity contribution in [3.8, 4) is 11.5 Å². The van der Waals surface area contributed by atoms with E-state index in [0.717, 1.165) is 42.4 Å². The molecule has 42 heavy (non-hydrogen) atoms. The number of aryl methyl sites for hydroxylation is 1. The molecule has 0 saturated heterocycles. The Kier molecular flexibility index (Phi) is 13.0. The lowest BCUT2D eigenvalue weighted by Gasteiger charge is -2.35. The number of hydrogen-bond donors (Lipinski definition) is 5. The summed E-state index contributed by atoms with van der Waals surface area (Å²) in [7, 11) is 1.49. The van der Waals surface area contributed by atoms with E-state index in [0.29, 0.717) is 50.2 Å². The summed E-state index contributed by atoms with van der Waals surface area (Å²) in [5, 5.41) is 33.2. The summed E-state index contributed by atoms with van der Waals surface area (Å²) < 4.78 is 17.0. The summed E-state index contributed by atoms with van der Waals surface area (Å²) in [6.07, 6.45) is 8.94. The molecule has 0 amide bonds. The summed E-state index contributed by atoms with van der Waals surface area (Å²) in [4.78, 5) is 24.5. The van der Waals surface area contributed by atoms with Crippen molar-refractivity contribution >= 4 is 17.5 Å². The number of phenols is 1. The monoisotopic (exact) mass is 588 g/mol. The fourth-order valence-corrected chi connectivity index (χ4v) is 6.38. The van der Waals surface area contributed by atoms with Crippen LogP contribution in [0, 0.1) is 17.8 Å². The number of esters is 2. The Morgan fingerprint density at radius 2 is 1.81 bits per heavy atom. The van der Waals surface area contributed by atoms with Crippen LogP contribution in [0.1, 0.15) is 76.3 Å². The van der Waals surface area contributed by atoms with E-state index in [1.54, 1.807) is 12.1 Å². The van der Waals surface area contributed by atoms with E-state index in [1.165, 1.54) is 21.0 Å². The van der Waals surface area contributed by atoms with Crippen molar-refractivity contribution in [2.75, 3.05) is 26.9 Å². The number of aromatic hydroxyl groups is 1. The maximum absolute atomic E-state index is 12.3. The van der Waals surface area contributed by atoms with E-state index in [-0.39, 0.29) is 36.7 Å². The first-order valence-corrected chi connectivity index (χ1v) is 15.0. The molecule has 1 saturated carbocycles. The number of ether oxygens (including phenoxy) is 3. The van der Waals surface area contributed by atoms with Gasteiger partial charge in [-0.2, -0.15) is 0 Å². The number of nitrogens with two attached hydrogens (primary N) is 1. The van der Waals surface area contributed by atoms with Gasteiger partial charge in [0.2, 0.25) is 0 Å². The molecular formula is C32H48N2O8. The molecule has 0 unspecified atom stereocenters. The van der Waals surface area contributed by atoms with E-state index < -0.39 is 24.1 Å². The van der Waals surface area contributed by atoms with E-state index in [9.17, 15) is 24.9 Å². The van der Waals surface area contributed by atoms with Gasteiger partial charge in [-0.25, -0.2) is 0 Å². The van der Waals surface area contributed by atoms with E-state index in [1.807, 2.05) is 12.2 Å². The maximum Gasteiger partial charge on any atom is 0.302 e. The summed E-state index contributed by atoms with van der Waals surface area (Å²) >= 11 is 0. The quantitative estimate of drug-likeness (QED) is 0.216. The normalized spacial score (nSPS) is 22.4. The van der Waals surface area contributed by atoms with Gasteiger partial charge >= 0.3 is 11.9 Å². The maximum atomic E-state index is 12.3. The number of allylic oxidation sites excluding steroid dienone is 2. The Morgan fingerprint density at radius 1 is 1.10 bits per heavy atom. The minimum atomic E-state index is -0.545. The van der Waals surface area contributed by atoms with Gasteiger partial charge in [0.1, 0.15) is 12.2 Å². The van der Waals surface area contributed by atoms with Crippen LogP contribution in [0.5, 0.6) is 11.5 Å². The molecule has 0 bridgehead atoms. The summed E-state index contributed by atoms with van der Waals surface area (Å²) in [6, 6.07) is 3.44. The molecule has 0 aromatic heterocycles. The van der Waals surface area contributed by atoms with E-state index in [2.05, 4.69) is 5.32 Å². The molecule has 0 radical (unpaired) electrons. The highest BCUT2D eigenvalue weighted by Gasteiger charge is 2.34. The zero-order valence-corrected chi connectivity index (χ0v) is 25.1. The van der Waals surface area contributed by atoms with Gasteiger partial charge in [0.25, 0.3) is 0 Å². The molecule has 1 fully saturated rings. The number of rotatable bonds is 13. The number of aliphatic hydroxyl groups excluding tert-OH is 2. The van der Waals surface area contributed by atoms with Gasteiger partial charge in [-0.1, -0.05) is 18.9 Å². The molecule has 2 aliphatic rings. The number of benzene rings is 1. The van der Waals surface area contributed by atoms with Crippen LogP contribution in [0.4, 0.5) is 0 Å². The van der Waals surface area contributed by atoms with E-state index in [4.69, 9.17) is 19.9 Å². The third-order valence-electron chi connectivity index (χ3n) is 8.35. The van der Waals surface area contributed by atoms with Crippen LogP contribution in [-0.2, 0) is 25.5 Å². The third kappa shape index (κ3) is 9.94. The van der Waals surface area contributed by atoms with Gasteiger partial charge in [0.15, 0.2) is 11.5 Å². The van der Waals surface area contributed by atoms with Crippen LogP contribution in [0.3, 0.4) is 0 Å². The number of carbonyl (C=O) groups is 2. The number of dihydropyridines is 1. The highest BCUT2D eigenvalue weighted by atomic mass is 16.6. The lowest BCUT2D eigenvalue weighted by molar-refractivity contribution is -0.156. The topological polar surface area (TPSA) is 161 Å². The van der Waals surface area contributed by atoms with Gasteiger partial charge in [-0.05, 0) is 91.2 Å². The summed E-state index contributed by atoms with van der Waals surface area (Å²) in [6.45, 7) is 3.47. The Bertz CT molecular complexity index is 1120. The first-order valence-electron chi connectivity index (χ1n) is 15.0. The molecule has 1 heterocycles. The smallest absolute Gasteiger partial charge is 0.302 e. The fraction of sp³-hybridized carbons (Fsp3) is 0.625. The van der Waals surface area contributed by atoms with Crippen LogP contribution < -0.4 is 15.8 Å². The number of hydrogen-bond acceptors (Lipinski definition) is 10. The number of aliphatic hydroxyl groups is 2. The van der Waals surface area contributed by atoms with Gasteiger partial charge in [0.05, 0.1) is 12.9 Å². The van der Waals surface area contributed by atoms with Crippen molar-refractivity contribution in [3.63, 3.8) is 0 Å². The first kappa shape index (κ1) is 33.3. The molecule has 10 nitrogen and oxygen atoms in total. The molecule has 234 valence electrons. The van der Waals surface area contributed by atoms with Crippen LogP contribution in [0.2, 0.25) is 0 Å². The Labute approximate surface area is 248 Å². The van der Waals surface area contributed by atoms with Crippen molar-refractivity contribution in [1.29, 1.82) is 0 Å². The van der Waals surface area contributed by atoms with Crippen molar-refractivity contribution in [2.45, 2.75) is 83.8 Å². The van der Waals surface area contributed by atoms with Crippen LogP contribution in [0.25, 0.3) is 5.57 Å². The lowest BCUT2D eigenvalue weighted by atomic mass is 9.75. The van der Waals surface area contributed by atoms with Crippen molar-refractivity contribution in [1.82, 2.24) is 5.32 Å². The fourth-order valence-electron chi connectivity index (χ4n) is 6.38. The van der Waals surface area contributed by atoms with Crippen molar-refractivity contribution < 1.29 is 39.1 Å². The minimum Gasteiger partial charge on any atom is -0.504 e. The van der Waals surface area contributed by atoms with Gasteiger partial charge in [-0.15, -0.1) is 0 Å². The molecule has 1 aliphatic carbocycles. The second kappa shape index (κ2) is 16.4. The Hall–Kier alpha value is -3.24. The zero-order chi connectivity index (χ0) is 30.6. The molecule has 1 aromatic carbocycles. The standard InChI is InChI=1S/C32H48N2O8/c1-20(37)41-27(8-7-24-15-31(40-3)29(39)18-28(24)25-9-11-34-32(33)16-25)17-30(42-21(2)38)26-13-22(10-12-35)5-4-6-23(14-26)19-36/h9,15-16,18,22-23,26-27,30,34-36,39H,4-8,10-14,17,19,33H2,1-3H3/t22-,23-,26+,27-,30-/m1/s1. The molecule has 1 aromatic rings. The second-order valence-electron chi connectivity index (χ2n) is 11.6. The van der Waals surface area contributed by atoms with Crippen LogP contribution in [0.15, 0.2) is 30.1 Å². The van der Waals surface area contributed by atoms with Crippen molar-refractivity contribution in [3.05, 3.63) is 41.2 Å². The number of nitrogens with one attached hydrogen (secondary N) is 1. The van der Waals surface area contributed by atoms with Crippen LogP contribution in [-0.4, -0.2) is 66.3 Å². The van der Waals surface area contributed by atoms with Gasteiger partial charge in [0, 0.05) is 40.0 Å². The van der Waals surface area contributed by atoms with Gasteiger partial charge in [-0.3, -0.25) is 9.59 Å². The molecule has 0 spiro atoms. The lowest BCUT2D eigenvalue weighted by Crippen LogP contribution is -2.36. The first-order chi connectivity index (χ1) is 20.1. The minimum absolute atomic E-state index is 0.00858. The molecule has 5 atom stereocenters. The average Bonchev–Trinajstić information content (AvgIpc) is 2.92. The molecule has 1 aliphatic heterocycles. The van der Waals surface area contributed by atoms with E-state index >= 15 is 0 Å². The SMILES string of the molecule is COc1cc(CC[C@H](C[C@@H](OC(C)=O)[C@H]2C[C@@H](CCO)CCC[C@@H](CO)C2)OC(C)=O)c(C2=CCNC(N)=C2)cc1O. The Balaban J connectivity index is 1.88. The predicted molar refractivity (Wildman–Crippen MR) is 159 cm³/mol. The average molecular weight is 589 g/mol. The zero-order valence-electron chi connectivity index (χ0n) is 25.1. The molecule has 3 rings (SSSR count). The largest absolute Gasteiger partial charge is 0.504 e. The molecule has 10 heteroatoms. The van der Waals surface area contributed by atoms with Crippen LogP contribution >= 0.6 is 0 Å². The predicted octanol–water partition coefficient (Wildman–Crippen LogP) is 3.56. The summed E-state index contributed by atoms with van der Waals surface area (Å²) in [5.41, 5.74) is 8.56. The Morgan fingerprint density at radius 3 is 2.45 bits per heavy atom. The number of phenolic OH excluding ortho intramolecular Hbond substituents is 1. The van der Waals surface area contributed by atoms with Crippen molar-refractivity contribution in [2.24, 2.45) is 23.5 Å². The number of carbonyl (C=O) groups excluding carboxylic acids is 2. The number of methoxy groups -OCH3 is 1. The summed E-state index contributed by atoms with van der Waals surface area (Å²) in [5.74, 6) is 0.378. The highest BCUT2D eigenvalue weighted by molar-refractivity contribution is 5.79. The molecular weight excluding hydrogens is 540 g/mol.